The molecule has 2 amide bonds. The molecule has 0 spiro atoms. The molecule has 36 heavy (non-hydrogen) atoms. The molecule has 8 heteroatoms. The molecular formula is C28H19Cl2NO4S. The van der Waals surface area contributed by atoms with Crippen molar-refractivity contribution in [3.8, 4) is 11.5 Å². The number of halogens is 2. The van der Waals surface area contributed by atoms with Gasteiger partial charge in [0.15, 0.2) is 11.5 Å². The fourth-order valence-corrected chi connectivity index (χ4v) is 5.12. The van der Waals surface area contributed by atoms with E-state index in [1.54, 1.807) is 42.5 Å². The van der Waals surface area contributed by atoms with Crippen molar-refractivity contribution in [1.29, 1.82) is 0 Å². The van der Waals surface area contributed by atoms with Crippen LogP contribution in [-0.4, -0.2) is 18.3 Å². The van der Waals surface area contributed by atoms with E-state index in [-0.39, 0.29) is 10.1 Å². The molecule has 4 aromatic carbocycles. The Bertz CT molecular complexity index is 1520. The lowest BCUT2D eigenvalue weighted by Gasteiger charge is -2.14. The first kappa shape index (κ1) is 24.3. The first-order valence-corrected chi connectivity index (χ1v) is 12.5. The van der Waals surface area contributed by atoms with Crippen LogP contribution >= 0.6 is 35.0 Å². The number of amides is 2. The van der Waals surface area contributed by atoms with Crippen LogP contribution in [0.2, 0.25) is 10.0 Å². The van der Waals surface area contributed by atoms with Crippen LogP contribution in [0.25, 0.3) is 16.8 Å². The highest BCUT2D eigenvalue weighted by Crippen LogP contribution is 2.40. The Morgan fingerprint density at radius 3 is 2.42 bits per heavy atom. The molecule has 0 aromatic heterocycles. The maximum Gasteiger partial charge on any atom is 0.298 e. The molecule has 0 aliphatic carbocycles. The van der Waals surface area contributed by atoms with Gasteiger partial charge in [0, 0.05) is 5.02 Å². The highest BCUT2D eigenvalue weighted by atomic mass is 35.5. The molecule has 0 radical (unpaired) electrons. The normalized spacial score (nSPS) is 14.6. The summed E-state index contributed by atoms with van der Waals surface area (Å²) in [4.78, 5) is 26.9. The van der Waals surface area contributed by atoms with Gasteiger partial charge >= 0.3 is 0 Å². The van der Waals surface area contributed by atoms with E-state index in [2.05, 4.69) is 18.2 Å². The minimum absolute atomic E-state index is 0.276. The number of thioether (sulfide) groups is 1. The first-order chi connectivity index (χ1) is 17.4. The molecule has 0 unspecified atom stereocenters. The van der Waals surface area contributed by atoms with Crippen molar-refractivity contribution in [3.05, 3.63) is 105 Å². The molecule has 4 aromatic rings. The second-order valence-electron chi connectivity index (χ2n) is 8.00. The average molecular weight is 536 g/mol. The van der Waals surface area contributed by atoms with E-state index in [9.17, 15) is 9.59 Å². The Morgan fingerprint density at radius 2 is 1.67 bits per heavy atom. The van der Waals surface area contributed by atoms with E-state index in [4.69, 9.17) is 32.7 Å². The van der Waals surface area contributed by atoms with Gasteiger partial charge in [-0.2, -0.15) is 0 Å². The number of imide groups is 1. The zero-order valence-electron chi connectivity index (χ0n) is 19.0. The third-order valence-electron chi connectivity index (χ3n) is 5.63. The number of nitrogens with zero attached hydrogens (tertiary/aromatic N) is 1. The Hall–Kier alpha value is -3.45. The monoisotopic (exact) mass is 535 g/mol. The number of fused-ring (bicyclic) bond motifs is 1. The topological polar surface area (TPSA) is 55.8 Å². The molecule has 5 nitrogen and oxygen atoms in total. The predicted molar refractivity (Wildman–Crippen MR) is 146 cm³/mol. The molecule has 1 heterocycles. The molecular weight excluding hydrogens is 517 g/mol. The van der Waals surface area contributed by atoms with Crippen LogP contribution in [0, 0.1) is 0 Å². The highest BCUT2D eigenvalue weighted by Gasteiger charge is 2.36. The summed E-state index contributed by atoms with van der Waals surface area (Å²) in [7, 11) is 1.52. The molecule has 1 saturated heterocycles. The standard InChI is InChI=1S/C28H19Cl2NO4S/c1-34-24-14-18(15-25-27(32)31(28(33)36-25)22-10-8-21(29)9-11-22)13-23(30)26(24)35-16-17-6-7-19-4-2-3-5-20(19)12-17/h2-15H,16H2,1H3/b25-15+. The van der Waals surface area contributed by atoms with Gasteiger partial charge < -0.3 is 9.47 Å². The number of hydrogen-bond acceptors (Lipinski definition) is 5. The van der Waals surface area contributed by atoms with Crippen molar-refractivity contribution in [2.75, 3.05) is 12.0 Å². The van der Waals surface area contributed by atoms with Gasteiger partial charge in [-0.1, -0.05) is 59.6 Å². The Morgan fingerprint density at radius 1 is 0.917 bits per heavy atom. The number of ether oxygens (including phenoxy) is 2. The van der Waals surface area contributed by atoms with E-state index >= 15 is 0 Å². The summed E-state index contributed by atoms with van der Waals surface area (Å²) in [5.74, 6) is 0.407. The van der Waals surface area contributed by atoms with Crippen molar-refractivity contribution in [2.45, 2.75) is 6.61 Å². The summed E-state index contributed by atoms with van der Waals surface area (Å²) >= 11 is 13.3. The van der Waals surface area contributed by atoms with E-state index in [0.717, 1.165) is 33.0 Å². The second-order valence-corrected chi connectivity index (χ2v) is 9.83. The molecule has 5 rings (SSSR count). The average Bonchev–Trinajstić information content (AvgIpc) is 3.15. The van der Waals surface area contributed by atoms with Crippen molar-refractivity contribution in [2.24, 2.45) is 0 Å². The zero-order chi connectivity index (χ0) is 25.2. The minimum Gasteiger partial charge on any atom is -0.493 e. The highest BCUT2D eigenvalue weighted by molar-refractivity contribution is 8.19. The Balaban J connectivity index is 1.37. The van der Waals surface area contributed by atoms with Gasteiger partial charge in [0.1, 0.15) is 6.61 Å². The van der Waals surface area contributed by atoms with Crippen molar-refractivity contribution in [3.63, 3.8) is 0 Å². The largest absolute Gasteiger partial charge is 0.493 e. The first-order valence-electron chi connectivity index (χ1n) is 10.9. The van der Waals surface area contributed by atoms with Crippen LogP contribution in [0.5, 0.6) is 11.5 Å². The van der Waals surface area contributed by atoms with Gasteiger partial charge in [0.05, 0.1) is 22.7 Å². The molecule has 1 fully saturated rings. The number of rotatable bonds is 6. The summed E-state index contributed by atoms with van der Waals surface area (Å²) in [5, 5.41) is 2.74. The molecule has 0 N–H and O–H groups in total. The van der Waals surface area contributed by atoms with E-state index in [0.29, 0.717) is 39.4 Å². The van der Waals surface area contributed by atoms with Crippen LogP contribution in [0.15, 0.2) is 83.8 Å². The fourth-order valence-electron chi connectivity index (χ4n) is 3.88. The number of methoxy groups -OCH3 is 1. The fraction of sp³-hybridized carbons (Fsp3) is 0.0714. The van der Waals surface area contributed by atoms with Gasteiger partial charge in [-0.05, 0) is 82.2 Å². The predicted octanol–water partition coefficient (Wildman–Crippen LogP) is 7.98. The second kappa shape index (κ2) is 10.3. The Labute approximate surface area is 222 Å². The van der Waals surface area contributed by atoms with Gasteiger partial charge in [-0.25, -0.2) is 4.90 Å². The van der Waals surface area contributed by atoms with E-state index < -0.39 is 5.91 Å². The third-order valence-corrected chi connectivity index (χ3v) is 7.03. The lowest BCUT2D eigenvalue weighted by Crippen LogP contribution is -2.27. The van der Waals surface area contributed by atoms with Crippen LogP contribution in [-0.2, 0) is 11.4 Å². The van der Waals surface area contributed by atoms with Crippen molar-refractivity contribution < 1.29 is 19.1 Å². The number of anilines is 1. The van der Waals surface area contributed by atoms with Crippen molar-refractivity contribution >= 4 is 68.6 Å². The summed E-state index contributed by atoms with van der Waals surface area (Å²) in [6.45, 7) is 0.306. The van der Waals surface area contributed by atoms with Gasteiger partial charge in [0.2, 0.25) is 0 Å². The zero-order valence-corrected chi connectivity index (χ0v) is 21.4. The molecule has 1 aliphatic rings. The Kier molecular flexibility index (Phi) is 6.92. The minimum atomic E-state index is -0.418. The summed E-state index contributed by atoms with van der Waals surface area (Å²) in [5.41, 5.74) is 2.06. The summed E-state index contributed by atoms with van der Waals surface area (Å²) in [6, 6.07) is 24.1. The van der Waals surface area contributed by atoms with Crippen LogP contribution < -0.4 is 14.4 Å². The molecule has 180 valence electrons. The van der Waals surface area contributed by atoms with Gasteiger partial charge in [0.25, 0.3) is 11.1 Å². The van der Waals surface area contributed by atoms with Gasteiger partial charge in [-0.3, -0.25) is 9.59 Å². The van der Waals surface area contributed by atoms with Crippen LogP contribution in [0.1, 0.15) is 11.1 Å². The third kappa shape index (κ3) is 4.93. The van der Waals surface area contributed by atoms with Crippen LogP contribution in [0.4, 0.5) is 10.5 Å². The lowest BCUT2D eigenvalue weighted by molar-refractivity contribution is -0.113. The molecule has 0 atom stereocenters. The maximum atomic E-state index is 13.0. The lowest BCUT2D eigenvalue weighted by atomic mass is 10.1. The smallest absolute Gasteiger partial charge is 0.298 e. The number of carbonyl (C=O) groups excluding carboxylic acids is 2. The number of hydrogen-bond donors (Lipinski definition) is 0. The SMILES string of the molecule is COc1cc(/C=C2/SC(=O)N(c3ccc(Cl)cc3)C2=O)cc(Cl)c1OCc1ccc2ccccc2c1. The summed E-state index contributed by atoms with van der Waals surface area (Å²) < 4.78 is 11.5. The summed E-state index contributed by atoms with van der Waals surface area (Å²) in [6.07, 6.45) is 1.61. The van der Waals surface area contributed by atoms with Gasteiger partial charge in [-0.15, -0.1) is 0 Å². The van der Waals surface area contributed by atoms with Crippen molar-refractivity contribution in [1.82, 2.24) is 0 Å². The number of benzene rings is 4. The van der Waals surface area contributed by atoms with E-state index in [1.807, 2.05) is 24.3 Å². The van der Waals surface area contributed by atoms with Crippen LogP contribution in [0.3, 0.4) is 0 Å². The molecule has 0 saturated carbocycles. The quantitative estimate of drug-likeness (QED) is 0.234. The number of carbonyl (C=O) groups is 2. The maximum absolute atomic E-state index is 13.0. The molecule has 1 aliphatic heterocycles. The molecule has 0 bridgehead atoms. The van der Waals surface area contributed by atoms with E-state index in [1.165, 1.54) is 7.11 Å².